The molecule has 2 amide bonds. The van der Waals surface area contributed by atoms with Crippen LogP contribution >= 0.6 is 23.2 Å². The molecule has 0 aliphatic heterocycles. The van der Waals surface area contributed by atoms with Gasteiger partial charge >= 0.3 is 11.8 Å². The first-order valence-electron chi connectivity index (χ1n) is 7.59. The highest BCUT2D eigenvalue weighted by atomic mass is 35.5. The molecule has 0 aliphatic carbocycles. The second kappa shape index (κ2) is 8.18. The number of hydrogen-bond donors (Lipinski definition) is 2. The van der Waals surface area contributed by atoms with Gasteiger partial charge in [-0.3, -0.25) is 9.59 Å². The Kier molecular flexibility index (Phi) is 6.23. The summed E-state index contributed by atoms with van der Waals surface area (Å²) in [7, 11) is 0. The molecule has 0 saturated heterocycles. The fourth-order valence-electron chi connectivity index (χ4n) is 2.23. The van der Waals surface area contributed by atoms with Crippen LogP contribution in [0.5, 0.6) is 0 Å². The lowest BCUT2D eigenvalue weighted by Crippen LogP contribution is -2.29. The van der Waals surface area contributed by atoms with E-state index in [1.54, 1.807) is 24.3 Å². The molecule has 1 unspecified atom stereocenters. The minimum atomic E-state index is -0.830. The van der Waals surface area contributed by atoms with Crippen molar-refractivity contribution in [3.8, 4) is 0 Å². The van der Waals surface area contributed by atoms with Crippen molar-refractivity contribution in [2.24, 2.45) is 0 Å². The van der Waals surface area contributed by atoms with E-state index in [0.717, 1.165) is 12.0 Å². The first kappa shape index (κ1) is 18.3. The van der Waals surface area contributed by atoms with Crippen molar-refractivity contribution in [1.29, 1.82) is 0 Å². The maximum absolute atomic E-state index is 12.2. The molecular weight excluding hydrogens is 347 g/mol. The number of amides is 2. The summed E-state index contributed by atoms with van der Waals surface area (Å²) in [5.41, 5.74) is 1.82. The van der Waals surface area contributed by atoms with Crippen LogP contribution in [0.2, 0.25) is 10.0 Å². The van der Waals surface area contributed by atoms with Gasteiger partial charge in [-0.1, -0.05) is 61.3 Å². The molecule has 0 heterocycles. The molecule has 2 N–H and O–H groups in total. The molecule has 6 heteroatoms. The maximum Gasteiger partial charge on any atom is 0.314 e. The van der Waals surface area contributed by atoms with E-state index < -0.39 is 11.8 Å². The second-order valence-corrected chi connectivity index (χ2v) is 6.22. The van der Waals surface area contributed by atoms with E-state index >= 15 is 0 Å². The van der Waals surface area contributed by atoms with Crippen molar-refractivity contribution in [1.82, 2.24) is 0 Å². The van der Waals surface area contributed by atoms with Gasteiger partial charge in [0, 0.05) is 5.69 Å². The molecule has 0 saturated carbocycles. The summed E-state index contributed by atoms with van der Waals surface area (Å²) in [5, 5.41) is 5.63. The number of para-hydroxylation sites is 2. The predicted molar refractivity (Wildman–Crippen MR) is 98.9 cm³/mol. The molecule has 4 nitrogen and oxygen atoms in total. The molecule has 0 aliphatic rings. The molecule has 0 radical (unpaired) electrons. The molecular formula is C18H18Cl2N2O2. The largest absolute Gasteiger partial charge is 0.318 e. The van der Waals surface area contributed by atoms with E-state index in [9.17, 15) is 9.59 Å². The highest BCUT2D eigenvalue weighted by Crippen LogP contribution is 2.30. The predicted octanol–water partition coefficient (Wildman–Crippen LogP) is 5.08. The van der Waals surface area contributed by atoms with E-state index in [2.05, 4.69) is 24.5 Å². The third kappa shape index (κ3) is 4.28. The number of hydrogen-bond acceptors (Lipinski definition) is 2. The zero-order chi connectivity index (χ0) is 17.7. The second-order valence-electron chi connectivity index (χ2n) is 5.40. The van der Waals surface area contributed by atoms with Gasteiger partial charge in [0.25, 0.3) is 0 Å². The van der Waals surface area contributed by atoms with Crippen molar-refractivity contribution in [3.63, 3.8) is 0 Å². The molecule has 1 atom stereocenters. The van der Waals surface area contributed by atoms with Crippen molar-refractivity contribution in [2.45, 2.75) is 26.2 Å². The third-order valence-electron chi connectivity index (χ3n) is 3.76. The smallest absolute Gasteiger partial charge is 0.314 e. The number of benzene rings is 2. The Bertz CT molecular complexity index is 742. The minimum Gasteiger partial charge on any atom is -0.318 e. The molecule has 24 heavy (non-hydrogen) atoms. The number of anilines is 2. The molecule has 0 aromatic heterocycles. The van der Waals surface area contributed by atoms with E-state index in [-0.39, 0.29) is 21.7 Å². The Morgan fingerprint density at radius 3 is 2.17 bits per heavy atom. The van der Waals surface area contributed by atoms with Gasteiger partial charge in [-0.25, -0.2) is 0 Å². The average Bonchev–Trinajstić information content (AvgIpc) is 2.57. The van der Waals surface area contributed by atoms with Crippen molar-refractivity contribution >= 4 is 46.4 Å². The Labute approximate surface area is 151 Å². The van der Waals surface area contributed by atoms with Crippen LogP contribution < -0.4 is 10.6 Å². The van der Waals surface area contributed by atoms with Crippen LogP contribution in [0.1, 0.15) is 31.7 Å². The Morgan fingerprint density at radius 1 is 0.958 bits per heavy atom. The van der Waals surface area contributed by atoms with Crippen LogP contribution in [0.25, 0.3) is 0 Å². The lowest BCUT2D eigenvalue weighted by molar-refractivity contribution is -0.133. The molecule has 0 spiro atoms. The van der Waals surface area contributed by atoms with E-state index in [1.807, 2.05) is 18.2 Å². The van der Waals surface area contributed by atoms with E-state index in [4.69, 9.17) is 23.2 Å². The number of carbonyl (C=O) groups excluding carboxylic acids is 2. The topological polar surface area (TPSA) is 58.2 Å². The monoisotopic (exact) mass is 364 g/mol. The van der Waals surface area contributed by atoms with Gasteiger partial charge in [-0.15, -0.1) is 0 Å². The number of carbonyl (C=O) groups is 2. The van der Waals surface area contributed by atoms with Crippen LogP contribution in [0.15, 0.2) is 42.5 Å². The summed E-state index contributed by atoms with van der Waals surface area (Å²) in [6.07, 6.45) is 0.925. The minimum absolute atomic E-state index is 0.219. The molecule has 2 aromatic carbocycles. The highest BCUT2D eigenvalue weighted by Gasteiger charge is 2.19. The SMILES string of the molecule is CCC(C)c1ccccc1NC(=O)C(=O)Nc1c(Cl)cccc1Cl. The van der Waals surface area contributed by atoms with Crippen LogP contribution in [0, 0.1) is 0 Å². The summed E-state index contributed by atoms with van der Waals surface area (Å²) in [6, 6.07) is 12.2. The highest BCUT2D eigenvalue weighted by molar-refractivity contribution is 6.46. The Morgan fingerprint density at radius 2 is 1.54 bits per heavy atom. The van der Waals surface area contributed by atoms with E-state index in [0.29, 0.717) is 5.69 Å². The van der Waals surface area contributed by atoms with Crippen LogP contribution in [0.3, 0.4) is 0 Å². The van der Waals surface area contributed by atoms with Crippen molar-refractivity contribution in [3.05, 3.63) is 58.1 Å². The normalized spacial score (nSPS) is 11.7. The number of rotatable bonds is 4. The summed E-state index contributed by atoms with van der Waals surface area (Å²) < 4.78 is 0. The summed E-state index contributed by atoms with van der Waals surface area (Å²) in [4.78, 5) is 24.3. The van der Waals surface area contributed by atoms with Gasteiger partial charge in [-0.05, 0) is 36.1 Å². The van der Waals surface area contributed by atoms with Gasteiger partial charge in [0.15, 0.2) is 0 Å². The fourth-order valence-corrected chi connectivity index (χ4v) is 2.72. The van der Waals surface area contributed by atoms with Crippen molar-refractivity contribution in [2.75, 3.05) is 10.6 Å². The quantitative estimate of drug-likeness (QED) is 0.742. The molecule has 0 bridgehead atoms. The molecule has 126 valence electrons. The Hall–Kier alpha value is -2.04. The standard InChI is InChI=1S/C18H18Cl2N2O2/c1-3-11(2)12-7-4-5-10-15(12)21-17(23)18(24)22-16-13(19)8-6-9-14(16)20/h4-11H,3H2,1-2H3,(H,21,23)(H,22,24). The lowest BCUT2D eigenvalue weighted by atomic mass is 9.97. The number of nitrogens with one attached hydrogen (secondary N) is 2. The third-order valence-corrected chi connectivity index (χ3v) is 4.39. The van der Waals surface area contributed by atoms with Gasteiger partial charge in [0.2, 0.25) is 0 Å². The van der Waals surface area contributed by atoms with Crippen molar-refractivity contribution < 1.29 is 9.59 Å². The average molecular weight is 365 g/mol. The number of halogens is 2. The van der Waals surface area contributed by atoms with Gasteiger partial charge in [-0.2, -0.15) is 0 Å². The fraction of sp³-hybridized carbons (Fsp3) is 0.222. The first-order chi connectivity index (χ1) is 11.4. The van der Waals surface area contributed by atoms with Crippen LogP contribution in [-0.2, 0) is 9.59 Å². The summed E-state index contributed by atoms with van der Waals surface area (Å²) in [6.45, 7) is 4.13. The van der Waals surface area contributed by atoms with E-state index in [1.165, 1.54) is 0 Å². The Balaban J connectivity index is 2.14. The molecule has 2 rings (SSSR count). The molecule has 0 fully saturated rings. The first-order valence-corrected chi connectivity index (χ1v) is 8.34. The van der Waals surface area contributed by atoms with Crippen LogP contribution in [-0.4, -0.2) is 11.8 Å². The van der Waals surface area contributed by atoms with Crippen LogP contribution in [0.4, 0.5) is 11.4 Å². The molecule has 2 aromatic rings. The van der Waals surface area contributed by atoms with Gasteiger partial charge < -0.3 is 10.6 Å². The summed E-state index contributed by atoms with van der Waals surface area (Å²) >= 11 is 12.0. The maximum atomic E-state index is 12.2. The summed E-state index contributed by atoms with van der Waals surface area (Å²) in [5.74, 6) is -1.34. The zero-order valence-corrected chi connectivity index (χ0v) is 14.9. The zero-order valence-electron chi connectivity index (χ0n) is 13.4. The van der Waals surface area contributed by atoms with Gasteiger partial charge in [0.05, 0.1) is 15.7 Å². The lowest BCUT2D eigenvalue weighted by Gasteiger charge is -2.15. The van der Waals surface area contributed by atoms with Gasteiger partial charge in [0.1, 0.15) is 0 Å².